The zero-order valence-corrected chi connectivity index (χ0v) is 11.0. The van der Waals surface area contributed by atoms with Crippen LogP contribution < -0.4 is 5.73 Å². The molecule has 1 aromatic heterocycles. The standard InChI is InChI=1S/C15H16FN3O/c16-14-10-18-8-6-13(14)15(20)19(9-7-17)11-12-4-2-1-3-5-12/h1-6,8,10H,7,9,11,17H2. The van der Waals surface area contributed by atoms with Crippen molar-refractivity contribution < 1.29 is 9.18 Å². The van der Waals surface area contributed by atoms with Gasteiger partial charge in [-0.1, -0.05) is 30.3 Å². The molecule has 0 bridgehead atoms. The van der Waals surface area contributed by atoms with E-state index in [9.17, 15) is 9.18 Å². The Morgan fingerprint density at radius 1 is 1.25 bits per heavy atom. The van der Waals surface area contributed by atoms with E-state index in [-0.39, 0.29) is 11.5 Å². The molecule has 1 heterocycles. The smallest absolute Gasteiger partial charge is 0.257 e. The quantitative estimate of drug-likeness (QED) is 0.904. The summed E-state index contributed by atoms with van der Waals surface area (Å²) in [5.41, 5.74) is 6.53. The summed E-state index contributed by atoms with van der Waals surface area (Å²) in [5, 5.41) is 0. The summed E-state index contributed by atoms with van der Waals surface area (Å²) in [6.07, 6.45) is 2.44. The largest absolute Gasteiger partial charge is 0.333 e. The molecule has 2 rings (SSSR count). The Balaban J connectivity index is 2.20. The molecule has 0 fully saturated rings. The predicted molar refractivity (Wildman–Crippen MR) is 74.4 cm³/mol. The van der Waals surface area contributed by atoms with Crippen LogP contribution in [-0.4, -0.2) is 28.9 Å². The minimum Gasteiger partial charge on any atom is -0.333 e. The number of pyridine rings is 1. The molecule has 0 saturated heterocycles. The Morgan fingerprint density at radius 2 is 2.00 bits per heavy atom. The SMILES string of the molecule is NCCN(Cc1ccccc1)C(=O)c1ccncc1F. The molecule has 2 aromatic rings. The maximum absolute atomic E-state index is 13.6. The molecule has 0 atom stereocenters. The van der Waals surface area contributed by atoms with Crippen LogP contribution in [0, 0.1) is 5.82 Å². The van der Waals surface area contributed by atoms with Crippen LogP contribution in [0.5, 0.6) is 0 Å². The first kappa shape index (κ1) is 14.1. The van der Waals surface area contributed by atoms with Gasteiger partial charge in [-0.2, -0.15) is 0 Å². The number of carbonyl (C=O) groups excluding carboxylic acids is 1. The molecule has 0 radical (unpaired) electrons. The Labute approximate surface area is 117 Å². The second-order valence-corrected chi connectivity index (χ2v) is 4.36. The van der Waals surface area contributed by atoms with Gasteiger partial charge in [0.15, 0.2) is 5.82 Å². The summed E-state index contributed by atoms with van der Waals surface area (Å²) in [5.74, 6) is -0.994. The van der Waals surface area contributed by atoms with Crippen molar-refractivity contribution in [3.8, 4) is 0 Å². The van der Waals surface area contributed by atoms with Crippen LogP contribution in [0.25, 0.3) is 0 Å². The van der Waals surface area contributed by atoms with Crippen molar-refractivity contribution in [1.82, 2.24) is 9.88 Å². The number of nitrogens with two attached hydrogens (primary N) is 1. The first-order valence-electron chi connectivity index (χ1n) is 6.35. The van der Waals surface area contributed by atoms with Gasteiger partial charge in [0.25, 0.3) is 5.91 Å². The van der Waals surface area contributed by atoms with Crippen LogP contribution in [0.4, 0.5) is 4.39 Å². The van der Waals surface area contributed by atoms with E-state index in [4.69, 9.17) is 5.73 Å². The van der Waals surface area contributed by atoms with Crippen LogP contribution in [0.1, 0.15) is 15.9 Å². The highest BCUT2D eigenvalue weighted by Gasteiger charge is 2.18. The van der Waals surface area contributed by atoms with E-state index in [1.165, 1.54) is 17.2 Å². The molecule has 0 aliphatic carbocycles. The normalized spacial score (nSPS) is 10.3. The lowest BCUT2D eigenvalue weighted by Crippen LogP contribution is -2.35. The molecule has 104 valence electrons. The molecule has 20 heavy (non-hydrogen) atoms. The number of nitrogens with zero attached hydrogens (tertiary/aromatic N) is 2. The first-order chi connectivity index (χ1) is 9.72. The fraction of sp³-hybridized carbons (Fsp3) is 0.200. The number of carbonyl (C=O) groups is 1. The second-order valence-electron chi connectivity index (χ2n) is 4.36. The van der Waals surface area contributed by atoms with Gasteiger partial charge in [0.1, 0.15) is 0 Å². The van der Waals surface area contributed by atoms with Crippen molar-refractivity contribution in [2.45, 2.75) is 6.54 Å². The van der Waals surface area contributed by atoms with Crippen molar-refractivity contribution in [1.29, 1.82) is 0 Å². The highest BCUT2D eigenvalue weighted by molar-refractivity contribution is 5.94. The third-order valence-electron chi connectivity index (χ3n) is 2.91. The van der Waals surface area contributed by atoms with Crippen LogP contribution in [0.2, 0.25) is 0 Å². The van der Waals surface area contributed by atoms with Crippen molar-refractivity contribution in [3.05, 3.63) is 65.7 Å². The Kier molecular flexibility index (Phi) is 4.79. The van der Waals surface area contributed by atoms with Crippen molar-refractivity contribution in [2.75, 3.05) is 13.1 Å². The molecule has 0 spiro atoms. The third kappa shape index (κ3) is 3.39. The lowest BCUT2D eigenvalue weighted by Gasteiger charge is -2.22. The van der Waals surface area contributed by atoms with Crippen LogP contribution >= 0.6 is 0 Å². The van der Waals surface area contributed by atoms with Crippen molar-refractivity contribution in [2.24, 2.45) is 5.73 Å². The maximum Gasteiger partial charge on any atom is 0.257 e. The van der Waals surface area contributed by atoms with E-state index in [2.05, 4.69) is 4.98 Å². The molecule has 1 aromatic carbocycles. The number of hydrogen-bond donors (Lipinski definition) is 1. The molecule has 0 aliphatic rings. The lowest BCUT2D eigenvalue weighted by atomic mass is 10.1. The van der Waals surface area contributed by atoms with Gasteiger partial charge in [-0.15, -0.1) is 0 Å². The van der Waals surface area contributed by atoms with Gasteiger partial charge in [0, 0.05) is 25.8 Å². The Morgan fingerprint density at radius 3 is 2.65 bits per heavy atom. The van der Waals surface area contributed by atoms with E-state index in [0.29, 0.717) is 19.6 Å². The van der Waals surface area contributed by atoms with Gasteiger partial charge in [-0.05, 0) is 11.6 Å². The summed E-state index contributed by atoms with van der Waals surface area (Å²) in [7, 11) is 0. The zero-order chi connectivity index (χ0) is 14.4. The molecular weight excluding hydrogens is 257 g/mol. The minimum absolute atomic E-state index is 0.0179. The molecule has 0 unspecified atom stereocenters. The number of benzene rings is 1. The summed E-state index contributed by atoms with van der Waals surface area (Å²) in [6, 6.07) is 10.9. The summed E-state index contributed by atoms with van der Waals surface area (Å²) in [6.45, 7) is 1.10. The van der Waals surface area contributed by atoms with Gasteiger partial charge in [0.2, 0.25) is 0 Å². The number of aromatic nitrogens is 1. The fourth-order valence-corrected chi connectivity index (χ4v) is 1.93. The van der Waals surface area contributed by atoms with Gasteiger partial charge < -0.3 is 10.6 Å². The summed E-state index contributed by atoms with van der Waals surface area (Å²) >= 11 is 0. The molecule has 5 heteroatoms. The average molecular weight is 273 g/mol. The van der Waals surface area contributed by atoms with E-state index in [1.807, 2.05) is 30.3 Å². The summed E-state index contributed by atoms with van der Waals surface area (Å²) < 4.78 is 13.6. The highest BCUT2D eigenvalue weighted by Crippen LogP contribution is 2.12. The maximum atomic E-state index is 13.6. The topological polar surface area (TPSA) is 59.2 Å². The molecule has 0 aliphatic heterocycles. The minimum atomic E-state index is -0.618. The number of hydrogen-bond acceptors (Lipinski definition) is 3. The number of rotatable bonds is 5. The van der Waals surface area contributed by atoms with Crippen molar-refractivity contribution in [3.63, 3.8) is 0 Å². The zero-order valence-electron chi connectivity index (χ0n) is 11.0. The van der Waals surface area contributed by atoms with Gasteiger partial charge >= 0.3 is 0 Å². The van der Waals surface area contributed by atoms with Gasteiger partial charge in [0.05, 0.1) is 11.8 Å². The van der Waals surface area contributed by atoms with Crippen LogP contribution in [-0.2, 0) is 6.54 Å². The van der Waals surface area contributed by atoms with E-state index in [1.54, 1.807) is 0 Å². The summed E-state index contributed by atoms with van der Waals surface area (Å²) in [4.78, 5) is 17.5. The number of halogens is 1. The van der Waals surface area contributed by atoms with E-state index in [0.717, 1.165) is 11.8 Å². The monoisotopic (exact) mass is 273 g/mol. The third-order valence-corrected chi connectivity index (χ3v) is 2.91. The van der Waals surface area contributed by atoms with Gasteiger partial charge in [-0.25, -0.2) is 4.39 Å². The fourth-order valence-electron chi connectivity index (χ4n) is 1.93. The van der Waals surface area contributed by atoms with Crippen molar-refractivity contribution >= 4 is 5.91 Å². The Bertz CT molecular complexity index is 574. The lowest BCUT2D eigenvalue weighted by molar-refractivity contribution is 0.0743. The first-order valence-corrected chi connectivity index (χ1v) is 6.35. The highest BCUT2D eigenvalue weighted by atomic mass is 19.1. The van der Waals surface area contributed by atoms with Gasteiger partial charge in [-0.3, -0.25) is 9.78 Å². The van der Waals surface area contributed by atoms with Crippen LogP contribution in [0.3, 0.4) is 0 Å². The molecule has 0 saturated carbocycles. The number of amides is 1. The van der Waals surface area contributed by atoms with E-state index < -0.39 is 5.82 Å². The Hall–Kier alpha value is -2.27. The second kappa shape index (κ2) is 6.77. The predicted octanol–water partition coefficient (Wildman–Crippen LogP) is 1.82. The average Bonchev–Trinajstić information content (AvgIpc) is 2.48. The molecule has 2 N–H and O–H groups in total. The molecular formula is C15H16FN3O. The molecule has 4 nitrogen and oxygen atoms in total. The van der Waals surface area contributed by atoms with Crippen LogP contribution in [0.15, 0.2) is 48.8 Å². The van der Waals surface area contributed by atoms with E-state index >= 15 is 0 Å². The molecule has 1 amide bonds.